The van der Waals surface area contributed by atoms with Crippen molar-refractivity contribution in [2.24, 2.45) is 11.8 Å². The predicted molar refractivity (Wildman–Crippen MR) is 138 cm³/mol. The number of Topliss-reactive ketones (excluding diaryl/α,β-unsaturated/α-hetero) is 1. The summed E-state index contributed by atoms with van der Waals surface area (Å²) in [6, 6.07) is 9.90. The van der Waals surface area contributed by atoms with Crippen LogP contribution >= 0.6 is 0 Å². The molecule has 0 spiro atoms. The predicted octanol–water partition coefficient (Wildman–Crippen LogP) is 5.54. The number of hydrogen-bond donors (Lipinski definition) is 0. The Bertz CT molecular complexity index is 866. The topological polar surface area (TPSA) is 72.5 Å². The van der Waals surface area contributed by atoms with E-state index in [2.05, 4.69) is 0 Å². The van der Waals surface area contributed by atoms with Gasteiger partial charge >= 0.3 is 0 Å². The Hall–Kier alpha value is -1.35. The maximum atomic E-state index is 13.0. The molecule has 0 unspecified atom stereocenters. The van der Waals surface area contributed by atoms with Gasteiger partial charge in [-0.15, -0.1) is 0 Å². The maximum Gasteiger partial charge on any atom is 0.221 e. The smallest absolute Gasteiger partial charge is 0.221 e. The fourth-order valence-corrected chi connectivity index (χ4v) is 6.12. The highest BCUT2D eigenvalue weighted by Gasteiger charge is 2.62. The van der Waals surface area contributed by atoms with Gasteiger partial charge in [0.05, 0.1) is 19.8 Å². The lowest BCUT2D eigenvalue weighted by molar-refractivity contribution is -0.472. The van der Waals surface area contributed by atoms with Crippen LogP contribution in [0.5, 0.6) is 0 Å². The lowest BCUT2D eigenvalue weighted by Crippen LogP contribution is -2.71. The number of ketones is 1. The van der Waals surface area contributed by atoms with Gasteiger partial charge in [0.15, 0.2) is 18.2 Å². The van der Waals surface area contributed by atoms with Gasteiger partial charge in [0.25, 0.3) is 0 Å². The Morgan fingerprint density at radius 3 is 1.97 bits per heavy atom. The number of ether oxygens (including phenoxy) is 6. The summed E-state index contributed by atoms with van der Waals surface area (Å²) >= 11 is 0. The fraction of sp³-hybridized carbons (Fsp3) is 0.767. The molecule has 5 rings (SSSR count). The monoisotopic (exact) mass is 516 g/mol. The Kier molecular flexibility index (Phi) is 9.00. The van der Waals surface area contributed by atoms with Crippen molar-refractivity contribution in [1.82, 2.24) is 0 Å². The summed E-state index contributed by atoms with van der Waals surface area (Å²) in [6.45, 7) is 5.17. The number of carbonyl (C=O) groups excluding carboxylic acids is 1. The van der Waals surface area contributed by atoms with Crippen LogP contribution in [-0.2, 0) is 39.8 Å². The molecule has 0 N–H and O–H groups in total. The van der Waals surface area contributed by atoms with Crippen molar-refractivity contribution >= 4 is 5.78 Å². The van der Waals surface area contributed by atoms with Gasteiger partial charge in [-0.2, -0.15) is 0 Å². The van der Waals surface area contributed by atoms with Crippen molar-refractivity contribution in [3.63, 3.8) is 0 Å². The van der Waals surface area contributed by atoms with E-state index in [1.54, 1.807) is 0 Å². The molecule has 2 aliphatic heterocycles. The Morgan fingerprint density at radius 2 is 1.38 bits per heavy atom. The van der Waals surface area contributed by atoms with E-state index in [-0.39, 0.29) is 12.4 Å². The largest absolute Gasteiger partial charge is 0.345 e. The van der Waals surface area contributed by atoms with Gasteiger partial charge in [-0.25, -0.2) is 0 Å². The van der Waals surface area contributed by atoms with Crippen LogP contribution in [0.2, 0.25) is 0 Å². The third kappa shape index (κ3) is 6.45. The molecule has 0 radical (unpaired) electrons. The summed E-state index contributed by atoms with van der Waals surface area (Å²) in [5.41, 5.74) is 1.02. The lowest BCUT2D eigenvalue weighted by Gasteiger charge is -2.55. The molecule has 0 bridgehead atoms. The summed E-state index contributed by atoms with van der Waals surface area (Å²) in [5.74, 6) is -1.62. The van der Waals surface area contributed by atoms with Crippen LogP contribution in [0.1, 0.15) is 83.6 Å². The van der Waals surface area contributed by atoms with Crippen LogP contribution in [0.3, 0.4) is 0 Å². The molecule has 2 aliphatic carbocycles. The van der Waals surface area contributed by atoms with E-state index >= 15 is 0 Å². The third-order valence-electron chi connectivity index (χ3n) is 8.71. The Labute approximate surface area is 221 Å². The molecule has 5 atom stereocenters. The van der Waals surface area contributed by atoms with Gasteiger partial charge in [0, 0.05) is 0 Å². The van der Waals surface area contributed by atoms with Crippen molar-refractivity contribution in [2.75, 3.05) is 19.8 Å². The number of carbonyl (C=O) groups is 1. The van der Waals surface area contributed by atoms with E-state index in [0.717, 1.165) is 31.2 Å². The SMILES string of the molecule is C[C@@]1(OCC2CCCCC2)O[C@H]2[C@@H](OCc3ccccc3)OCC(=O)[C@@H]2O[C@@]1(C)OCC1CCCCC1. The standard InChI is InChI=1S/C30H44O7/c1-29(34-19-23-14-8-4-9-15-23)30(2,35-20-24-16-10-5-11-17-24)37-27-26(36-29)25(31)21-33-28(27)32-18-22-12-6-3-7-13-22/h3,6-7,12-13,23-24,26-28H,4-5,8-11,14-21H2,1-2H3/t26-,27+,28-,29+,30+/m0/s1. The van der Waals surface area contributed by atoms with Crippen LogP contribution in [-0.4, -0.2) is 55.7 Å². The van der Waals surface area contributed by atoms with Crippen molar-refractivity contribution < 1.29 is 33.2 Å². The van der Waals surface area contributed by atoms with Crippen molar-refractivity contribution in [3.8, 4) is 0 Å². The van der Waals surface area contributed by atoms with E-state index in [1.165, 1.54) is 38.5 Å². The van der Waals surface area contributed by atoms with E-state index in [0.29, 0.717) is 31.7 Å². The van der Waals surface area contributed by atoms with Gasteiger partial charge in [0.1, 0.15) is 12.7 Å². The highest BCUT2D eigenvalue weighted by atomic mass is 16.8. The maximum absolute atomic E-state index is 13.0. The second kappa shape index (κ2) is 12.2. The minimum absolute atomic E-state index is 0.0810. The molecular formula is C30H44O7. The molecule has 0 amide bonds. The van der Waals surface area contributed by atoms with E-state index in [4.69, 9.17) is 28.4 Å². The summed E-state index contributed by atoms with van der Waals surface area (Å²) in [5, 5.41) is 0. The average Bonchev–Trinajstić information content (AvgIpc) is 2.94. The van der Waals surface area contributed by atoms with E-state index in [9.17, 15) is 4.79 Å². The summed E-state index contributed by atoms with van der Waals surface area (Å²) in [7, 11) is 0. The molecule has 0 aromatic heterocycles. The molecule has 2 heterocycles. The van der Waals surface area contributed by atoms with Crippen LogP contribution in [0.4, 0.5) is 0 Å². The highest BCUT2D eigenvalue weighted by molar-refractivity contribution is 5.85. The van der Waals surface area contributed by atoms with Crippen molar-refractivity contribution in [3.05, 3.63) is 35.9 Å². The van der Waals surface area contributed by atoms with E-state index in [1.807, 2.05) is 44.2 Å². The molecule has 7 heteroatoms. The quantitative estimate of drug-likeness (QED) is 0.427. The average molecular weight is 517 g/mol. The van der Waals surface area contributed by atoms with Crippen LogP contribution in [0.25, 0.3) is 0 Å². The zero-order chi connectivity index (χ0) is 25.7. The van der Waals surface area contributed by atoms with Crippen molar-refractivity contribution in [2.45, 2.75) is 115 Å². The first kappa shape index (κ1) is 27.2. The summed E-state index contributed by atoms with van der Waals surface area (Å²) in [4.78, 5) is 13.0. The Morgan fingerprint density at radius 1 is 0.811 bits per heavy atom. The first-order valence-electron chi connectivity index (χ1n) is 14.4. The molecule has 7 nitrogen and oxygen atoms in total. The highest BCUT2D eigenvalue weighted by Crippen LogP contribution is 2.44. The van der Waals surface area contributed by atoms with E-state index < -0.39 is 30.1 Å². The normalized spacial score (nSPS) is 35.8. The lowest BCUT2D eigenvalue weighted by atomic mass is 9.89. The van der Waals surface area contributed by atoms with Crippen LogP contribution in [0.15, 0.2) is 30.3 Å². The van der Waals surface area contributed by atoms with Crippen LogP contribution < -0.4 is 0 Å². The molecule has 37 heavy (non-hydrogen) atoms. The molecule has 2 saturated heterocycles. The molecule has 2 saturated carbocycles. The number of benzene rings is 1. The van der Waals surface area contributed by atoms with Gasteiger partial charge in [-0.3, -0.25) is 4.79 Å². The molecule has 4 aliphatic rings. The minimum atomic E-state index is -1.22. The molecule has 4 fully saturated rings. The minimum Gasteiger partial charge on any atom is -0.345 e. The Balaban J connectivity index is 1.32. The summed E-state index contributed by atoms with van der Waals surface area (Å²) < 4.78 is 38.2. The second-order valence-electron chi connectivity index (χ2n) is 11.6. The van der Waals surface area contributed by atoms with Gasteiger partial charge in [-0.05, 0) is 56.9 Å². The molecule has 206 valence electrons. The zero-order valence-electron chi connectivity index (χ0n) is 22.5. The van der Waals surface area contributed by atoms with Crippen molar-refractivity contribution in [1.29, 1.82) is 0 Å². The molecular weight excluding hydrogens is 472 g/mol. The first-order chi connectivity index (χ1) is 18.0. The zero-order valence-corrected chi connectivity index (χ0v) is 22.5. The number of fused-ring (bicyclic) bond motifs is 1. The molecule has 1 aromatic rings. The second-order valence-corrected chi connectivity index (χ2v) is 11.6. The summed E-state index contributed by atoms with van der Waals surface area (Å²) in [6.07, 6.45) is 9.83. The number of rotatable bonds is 9. The molecule has 1 aromatic carbocycles. The fourth-order valence-electron chi connectivity index (χ4n) is 6.12. The first-order valence-corrected chi connectivity index (χ1v) is 14.4. The third-order valence-corrected chi connectivity index (χ3v) is 8.71. The van der Waals surface area contributed by atoms with Crippen LogP contribution in [0, 0.1) is 11.8 Å². The van der Waals surface area contributed by atoms with Gasteiger partial charge < -0.3 is 28.4 Å². The van der Waals surface area contributed by atoms with Gasteiger partial charge in [-0.1, -0.05) is 68.9 Å². The number of hydrogen-bond acceptors (Lipinski definition) is 7. The van der Waals surface area contributed by atoms with Gasteiger partial charge in [0.2, 0.25) is 11.6 Å².